The molecule has 0 aliphatic carbocycles. The van der Waals surface area contributed by atoms with E-state index in [9.17, 15) is 9.59 Å². The third-order valence-corrected chi connectivity index (χ3v) is 6.70. The number of fused-ring (bicyclic) bond motifs is 1. The lowest BCUT2D eigenvalue weighted by atomic mass is 9.92. The molecule has 2 aliphatic rings. The van der Waals surface area contributed by atoms with Crippen molar-refractivity contribution in [2.24, 2.45) is 11.8 Å². The first-order valence-electron chi connectivity index (χ1n) is 11.8. The Bertz CT molecular complexity index is 983. The smallest absolute Gasteiger partial charge is 0.259 e. The molecule has 4 heterocycles. The van der Waals surface area contributed by atoms with Crippen molar-refractivity contribution in [2.45, 2.75) is 47.0 Å². The van der Waals surface area contributed by atoms with Crippen molar-refractivity contribution in [1.29, 1.82) is 0 Å². The highest BCUT2D eigenvalue weighted by atomic mass is 16.5. The van der Waals surface area contributed by atoms with Crippen LogP contribution in [0.2, 0.25) is 0 Å². The predicted octanol–water partition coefficient (Wildman–Crippen LogP) is 2.92. The number of piperazine rings is 1. The Labute approximate surface area is 189 Å². The number of hydrogen-bond acceptors (Lipinski definition) is 6. The highest BCUT2D eigenvalue weighted by Gasteiger charge is 2.30. The lowest BCUT2D eigenvalue weighted by Crippen LogP contribution is -2.53. The molecule has 174 valence electrons. The molecule has 2 aromatic rings. The second kappa shape index (κ2) is 9.17. The molecule has 0 bridgehead atoms. The van der Waals surface area contributed by atoms with E-state index < -0.39 is 0 Å². The van der Waals surface area contributed by atoms with Crippen molar-refractivity contribution in [3.63, 3.8) is 0 Å². The average Bonchev–Trinajstić information content (AvgIpc) is 3.13. The third kappa shape index (κ3) is 4.65. The Balaban J connectivity index is 1.41. The summed E-state index contributed by atoms with van der Waals surface area (Å²) < 4.78 is 5.37. The molecular formula is C24H35N5O3. The Morgan fingerprint density at radius 2 is 1.75 bits per heavy atom. The first-order chi connectivity index (χ1) is 15.2. The van der Waals surface area contributed by atoms with E-state index in [1.54, 1.807) is 0 Å². The minimum atomic E-state index is -0.0183. The Morgan fingerprint density at radius 1 is 1.09 bits per heavy atom. The Hall–Kier alpha value is -2.48. The van der Waals surface area contributed by atoms with Crippen LogP contribution >= 0.6 is 0 Å². The van der Waals surface area contributed by atoms with Gasteiger partial charge in [-0.05, 0) is 37.2 Å². The fourth-order valence-electron chi connectivity index (χ4n) is 5.02. The molecule has 0 radical (unpaired) electrons. The van der Waals surface area contributed by atoms with E-state index in [-0.39, 0.29) is 17.7 Å². The second-order valence-corrected chi connectivity index (χ2v) is 10.0. The molecule has 2 aromatic heterocycles. The van der Waals surface area contributed by atoms with E-state index in [1.165, 1.54) is 6.42 Å². The maximum absolute atomic E-state index is 13.4. The standard InChI is InChI=1S/C24H35N5O3/c1-15(2)20-11-19(22-18(5)26-32-23(22)25-20)24(31)28-8-6-27(7-9-28)14-21(30)29-12-16(3)10-17(4)13-29/h11,15-17H,6-10,12-14H2,1-5H3. The van der Waals surface area contributed by atoms with Crippen LogP contribution in [0.25, 0.3) is 11.1 Å². The quantitative estimate of drug-likeness (QED) is 0.726. The summed E-state index contributed by atoms with van der Waals surface area (Å²) in [5.74, 6) is 1.49. The highest BCUT2D eigenvalue weighted by molar-refractivity contribution is 6.06. The van der Waals surface area contributed by atoms with Gasteiger partial charge in [0.25, 0.3) is 11.6 Å². The third-order valence-electron chi connectivity index (χ3n) is 6.70. The van der Waals surface area contributed by atoms with E-state index in [0.29, 0.717) is 66.9 Å². The largest absolute Gasteiger partial charge is 0.341 e. The summed E-state index contributed by atoms with van der Waals surface area (Å²) in [6.07, 6.45) is 1.19. The number of carbonyl (C=O) groups is 2. The number of rotatable bonds is 4. The predicted molar refractivity (Wildman–Crippen MR) is 122 cm³/mol. The topological polar surface area (TPSA) is 82.8 Å². The summed E-state index contributed by atoms with van der Waals surface area (Å²) in [6.45, 7) is 15.1. The van der Waals surface area contributed by atoms with Gasteiger partial charge >= 0.3 is 0 Å². The van der Waals surface area contributed by atoms with Crippen LogP contribution in [0.1, 0.15) is 61.8 Å². The van der Waals surface area contributed by atoms with Crippen LogP contribution in [-0.2, 0) is 4.79 Å². The number of likely N-dealkylation sites (tertiary alicyclic amines) is 1. The molecule has 2 unspecified atom stereocenters. The molecule has 2 fully saturated rings. The molecule has 4 rings (SSSR count). The Morgan fingerprint density at radius 3 is 2.38 bits per heavy atom. The zero-order valence-electron chi connectivity index (χ0n) is 19.9. The lowest BCUT2D eigenvalue weighted by molar-refractivity contribution is -0.135. The van der Waals surface area contributed by atoms with Gasteiger partial charge in [0.15, 0.2) is 0 Å². The van der Waals surface area contributed by atoms with E-state index in [2.05, 4.69) is 28.9 Å². The van der Waals surface area contributed by atoms with Gasteiger partial charge in [-0.15, -0.1) is 0 Å². The highest BCUT2D eigenvalue weighted by Crippen LogP contribution is 2.27. The van der Waals surface area contributed by atoms with Crippen LogP contribution in [0.3, 0.4) is 0 Å². The van der Waals surface area contributed by atoms with Gasteiger partial charge < -0.3 is 14.3 Å². The number of hydrogen-bond donors (Lipinski definition) is 0. The average molecular weight is 442 g/mol. The molecular weight excluding hydrogens is 406 g/mol. The molecule has 0 saturated carbocycles. The van der Waals surface area contributed by atoms with Crippen LogP contribution in [0.15, 0.2) is 10.6 Å². The number of pyridine rings is 1. The maximum Gasteiger partial charge on any atom is 0.259 e. The number of nitrogens with zero attached hydrogens (tertiary/aromatic N) is 5. The van der Waals surface area contributed by atoms with Crippen LogP contribution in [0, 0.1) is 18.8 Å². The van der Waals surface area contributed by atoms with E-state index >= 15 is 0 Å². The summed E-state index contributed by atoms with van der Waals surface area (Å²) in [5, 5.41) is 4.72. The fraction of sp³-hybridized carbons (Fsp3) is 0.667. The van der Waals surface area contributed by atoms with E-state index in [0.717, 1.165) is 18.8 Å². The molecule has 2 amide bonds. The molecule has 8 heteroatoms. The number of piperidine rings is 1. The fourth-order valence-corrected chi connectivity index (χ4v) is 5.02. The Kier molecular flexibility index (Phi) is 6.51. The van der Waals surface area contributed by atoms with Gasteiger partial charge in [0.2, 0.25) is 5.91 Å². The molecule has 0 spiro atoms. The molecule has 0 aromatic carbocycles. The maximum atomic E-state index is 13.4. The van der Waals surface area contributed by atoms with Gasteiger partial charge in [-0.25, -0.2) is 4.98 Å². The summed E-state index contributed by atoms with van der Waals surface area (Å²) in [6, 6.07) is 1.88. The van der Waals surface area contributed by atoms with Crippen LogP contribution in [-0.4, -0.2) is 82.5 Å². The van der Waals surface area contributed by atoms with E-state index in [1.807, 2.05) is 36.6 Å². The van der Waals surface area contributed by atoms with Crippen molar-refractivity contribution in [3.8, 4) is 0 Å². The summed E-state index contributed by atoms with van der Waals surface area (Å²) >= 11 is 0. The SMILES string of the molecule is Cc1noc2nc(C(C)C)cc(C(=O)N3CCN(CC(=O)N4CC(C)CC(C)C4)CC3)c12. The zero-order valence-corrected chi connectivity index (χ0v) is 19.9. The molecule has 2 aliphatic heterocycles. The number of aryl methyl sites for hydroxylation is 1. The van der Waals surface area contributed by atoms with Crippen molar-refractivity contribution < 1.29 is 14.1 Å². The molecule has 2 atom stereocenters. The van der Waals surface area contributed by atoms with Crippen molar-refractivity contribution in [1.82, 2.24) is 24.8 Å². The summed E-state index contributed by atoms with van der Waals surface area (Å²) in [7, 11) is 0. The second-order valence-electron chi connectivity index (χ2n) is 10.0. The van der Waals surface area contributed by atoms with Gasteiger partial charge in [0, 0.05) is 45.0 Å². The zero-order chi connectivity index (χ0) is 23.0. The van der Waals surface area contributed by atoms with Gasteiger partial charge in [0.1, 0.15) is 0 Å². The van der Waals surface area contributed by atoms with Gasteiger partial charge in [-0.1, -0.05) is 32.9 Å². The van der Waals surface area contributed by atoms with Gasteiger partial charge in [-0.2, -0.15) is 0 Å². The number of aromatic nitrogens is 2. The first kappa shape index (κ1) is 22.7. The molecule has 8 nitrogen and oxygen atoms in total. The minimum absolute atomic E-state index is 0.0183. The number of amides is 2. The van der Waals surface area contributed by atoms with Crippen molar-refractivity contribution in [2.75, 3.05) is 45.8 Å². The van der Waals surface area contributed by atoms with Crippen molar-refractivity contribution in [3.05, 3.63) is 23.0 Å². The lowest BCUT2D eigenvalue weighted by Gasteiger charge is -2.38. The van der Waals surface area contributed by atoms with Gasteiger partial charge in [-0.3, -0.25) is 14.5 Å². The number of carbonyl (C=O) groups excluding carboxylic acids is 2. The van der Waals surface area contributed by atoms with Crippen molar-refractivity contribution >= 4 is 22.9 Å². The molecule has 2 saturated heterocycles. The normalized spacial score (nSPS) is 22.7. The van der Waals surface area contributed by atoms with Crippen LogP contribution < -0.4 is 0 Å². The molecule has 0 N–H and O–H groups in total. The minimum Gasteiger partial charge on any atom is -0.341 e. The van der Waals surface area contributed by atoms with Crippen LogP contribution in [0.5, 0.6) is 0 Å². The summed E-state index contributed by atoms with van der Waals surface area (Å²) in [4.78, 5) is 36.8. The van der Waals surface area contributed by atoms with E-state index in [4.69, 9.17) is 4.52 Å². The molecule has 32 heavy (non-hydrogen) atoms. The summed E-state index contributed by atoms with van der Waals surface area (Å²) in [5.41, 5.74) is 2.54. The monoisotopic (exact) mass is 441 g/mol. The van der Waals surface area contributed by atoms with Gasteiger partial charge in [0.05, 0.1) is 23.2 Å². The first-order valence-corrected chi connectivity index (χ1v) is 11.8. The van der Waals surface area contributed by atoms with Crippen LogP contribution in [0.4, 0.5) is 0 Å².